The van der Waals surface area contributed by atoms with E-state index >= 15 is 0 Å². The number of aromatic nitrogens is 1. The summed E-state index contributed by atoms with van der Waals surface area (Å²) in [5.74, 6) is 0.440. The zero-order valence-electron chi connectivity index (χ0n) is 15.0. The van der Waals surface area contributed by atoms with Crippen LogP contribution in [0.1, 0.15) is 30.9 Å². The average Bonchev–Trinajstić information content (AvgIpc) is 2.67. The molecule has 0 amide bonds. The number of nitriles is 1. The summed E-state index contributed by atoms with van der Waals surface area (Å²) >= 11 is 0. The van der Waals surface area contributed by atoms with Crippen LogP contribution in [0.15, 0.2) is 54.6 Å². The Labute approximate surface area is 157 Å². The molecule has 0 atom stereocenters. The number of nitrogen functional groups attached to an aromatic ring is 1. The Morgan fingerprint density at radius 1 is 1.11 bits per heavy atom. The van der Waals surface area contributed by atoms with Gasteiger partial charge in [-0.25, -0.2) is 4.98 Å². The van der Waals surface area contributed by atoms with Crippen molar-refractivity contribution < 1.29 is 4.92 Å². The summed E-state index contributed by atoms with van der Waals surface area (Å²) in [6, 6.07) is 18.0. The number of nitro benzene ring substituents is 1. The summed E-state index contributed by atoms with van der Waals surface area (Å²) in [6.07, 6.45) is 0. The molecule has 6 nitrogen and oxygen atoms in total. The molecule has 0 radical (unpaired) electrons. The van der Waals surface area contributed by atoms with Crippen LogP contribution in [-0.4, -0.2) is 9.91 Å². The lowest BCUT2D eigenvalue weighted by molar-refractivity contribution is -0.384. The minimum atomic E-state index is -0.456. The highest BCUT2D eigenvalue weighted by Gasteiger charge is 2.19. The van der Waals surface area contributed by atoms with Crippen LogP contribution in [0.25, 0.3) is 22.4 Å². The van der Waals surface area contributed by atoms with Gasteiger partial charge in [-0.3, -0.25) is 10.1 Å². The zero-order chi connectivity index (χ0) is 19.6. The number of nitro groups is 1. The van der Waals surface area contributed by atoms with Crippen LogP contribution in [0, 0.1) is 21.4 Å². The predicted molar refractivity (Wildman–Crippen MR) is 105 cm³/mol. The second kappa shape index (κ2) is 7.26. The lowest BCUT2D eigenvalue weighted by atomic mass is 9.95. The van der Waals surface area contributed by atoms with Crippen molar-refractivity contribution in [3.8, 4) is 28.5 Å². The van der Waals surface area contributed by atoms with E-state index in [4.69, 9.17) is 5.73 Å². The van der Waals surface area contributed by atoms with Crippen LogP contribution in [0.5, 0.6) is 0 Å². The van der Waals surface area contributed by atoms with Gasteiger partial charge in [0.2, 0.25) is 0 Å². The standard InChI is InChI=1S/C21H18N4O2/c1-13(2)14-7-9-15(10-8-14)17-11-19(24-21(23)18(17)12-22)16-5-3-4-6-20(16)25(26)27/h3-11,13H,1-2H3,(H2,23,24). The van der Waals surface area contributed by atoms with E-state index in [9.17, 15) is 15.4 Å². The molecular formula is C21H18N4O2. The van der Waals surface area contributed by atoms with Crippen LogP contribution >= 0.6 is 0 Å². The van der Waals surface area contributed by atoms with Gasteiger partial charge in [0.15, 0.2) is 0 Å². The third kappa shape index (κ3) is 3.48. The third-order valence-electron chi connectivity index (χ3n) is 4.42. The van der Waals surface area contributed by atoms with Crippen molar-refractivity contribution >= 4 is 11.5 Å². The fourth-order valence-corrected chi connectivity index (χ4v) is 2.94. The second-order valence-corrected chi connectivity index (χ2v) is 6.48. The van der Waals surface area contributed by atoms with Crippen LogP contribution in [0.3, 0.4) is 0 Å². The van der Waals surface area contributed by atoms with Crippen molar-refractivity contribution in [2.24, 2.45) is 0 Å². The van der Waals surface area contributed by atoms with E-state index in [1.807, 2.05) is 24.3 Å². The first-order chi connectivity index (χ1) is 12.9. The number of nitrogens with two attached hydrogens (primary N) is 1. The highest BCUT2D eigenvalue weighted by molar-refractivity contribution is 5.82. The Bertz CT molecular complexity index is 1050. The highest BCUT2D eigenvalue weighted by Crippen LogP contribution is 2.35. The summed E-state index contributed by atoms with van der Waals surface area (Å²) in [4.78, 5) is 15.1. The molecule has 0 aliphatic carbocycles. The molecule has 0 aliphatic rings. The van der Waals surface area contributed by atoms with Gasteiger partial charge < -0.3 is 5.73 Å². The van der Waals surface area contributed by atoms with E-state index in [-0.39, 0.29) is 17.1 Å². The van der Waals surface area contributed by atoms with Crippen molar-refractivity contribution in [3.63, 3.8) is 0 Å². The number of anilines is 1. The highest BCUT2D eigenvalue weighted by atomic mass is 16.6. The molecule has 1 aromatic heterocycles. The van der Waals surface area contributed by atoms with Gasteiger partial charge in [-0.1, -0.05) is 50.2 Å². The van der Waals surface area contributed by atoms with Crippen LogP contribution in [-0.2, 0) is 0 Å². The summed E-state index contributed by atoms with van der Waals surface area (Å²) in [5, 5.41) is 20.9. The molecule has 0 aliphatic heterocycles. The molecule has 2 N–H and O–H groups in total. The fraction of sp³-hybridized carbons (Fsp3) is 0.143. The van der Waals surface area contributed by atoms with Crippen molar-refractivity contribution in [3.05, 3.63) is 75.8 Å². The number of rotatable bonds is 4. The Morgan fingerprint density at radius 2 is 1.78 bits per heavy atom. The summed E-state index contributed by atoms with van der Waals surface area (Å²) in [5.41, 5.74) is 9.52. The Kier molecular flexibility index (Phi) is 4.86. The van der Waals surface area contributed by atoms with E-state index < -0.39 is 4.92 Å². The number of pyridine rings is 1. The quantitative estimate of drug-likeness (QED) is 0.527. The second-order valence-electron chi connectivity index (χ2n) is 6.48. The lowest BCUT2D eigenvalue weighted by Gasteiger charge is -2.12. The van der Waals surface area contributed by atoms with E-state index in [1.165, 1.54) is 11.6 Å². The molecule has 0 spiro atoms. The topological polar surface area (TPSA) is 106 Å². The average molecular weight is 358 g/mol. The molecule has 2 aromatic carbocycles. The van der Waals surface area contributed by atoms with E-state index in [1.54, 1.807) is 24.3 Å². The molecule has 0 saturated heterocycles. The van der Waals surface area contributed by atoms with Gasteiger partial charge in [0.25, 0.3) is 5.69 Å². The first-order valence-corrected chi connectivity index (χ1v) is 8.47. The number of benzene rings is 2. The molecule has 27 heavy (non-hydrogen) atoms. The summed E-state index contributed by atoms with van der Waals surface area (Å²) < 4.78 is 0. The van der Waals surface area contributed by atoms with Crippen molar-refractivity contribution in [2.75, 3.05) is 5.73 Å². The monoisotopic (exact) mass is 358 g/mol. The third-order valence-corrected chi connectivity index (χ3v) is 4.42. The molecule has 3 rings (SSSR count). The largest absolute Gasteiger partial charge is 0.383 e. The maximum Gasteiger partial charge on any atom is 0.278 e. The maximum atomic E-state index is 11.4. The summed E-state index contributed by atoms with van der Waals surface area (Å²) in [6.45, 7) is 4.21. The van der Waals surface area contributed by atoms with Gasteiger partial charge in [-0.2, -0.15) is 5.26 Å². The van der Waals surface area contributed by atoms with Gasteiger partial charge >= 0.3 is 0 Å². The lowest BCUT2D eigenvalue weighted by Crippen LogP contribution is -2.01. The van der Waals surface area contributed by atoms with Crippen LogP contribution in [0.2, 0.25) is 0 Å². The molecule has 0 saturated carbocycles. The van der Waals surface area contributed by atoms with Crippen molar-refractivity contribution in [1.29, 1.82) is 5.26 Å². The fourth-order valence-electron chi connectivity index (χ4n) is 2.94. The van der Waals surface area contributed by atoms with Gasteiger partial charge in [-0.05, 0) is 29.2 Å². The summed E-state index contributed by atoms with van der Waals surface area (Å²) in [7, 11) is 0. The van der Waals surface area contributed by atoms with E-state index in [0.717, 1.165) is 5.56 Å². The van der Waals surface area contributed by atoms with Gasteiger partial charge in [0, 0.05) is 11.6 Å². The predicted octanol–water partition coefficient (Wildman–Crippen LogP) is 4.90. The normalized spacial score (nSPS) is 10.6. The molecule has 6 heteroatoms. The Hall–Kier alpha value is -3.72. The smallest absolute Gasteiger partial charge is 0.278 e. The van der Waals surface area contributed by atoms with Gasteiger partial charge in [0.05, 0.1) is 16.2 Å². The van der Waals surface area contributed by atoms with Crippen molar-refractivity contribution in [2.45, 2.75) is 19.8 Å². The number of nitrogens with zero attached hydrogens (tertiary/aromatic N) is 3. The first-order valence-electron chi connectivity index (χ1n) is 8.47. The van der Waals surface area contributed by atoms with Gasteiger partial charge in [0.1, 0.15) is 17.5 Å². The molecule has 1 heterocycles. The van der Waals surface area contributed by atoms with Crippen molar-refractivity contribution in [1.82, 2.24) is 4.98 Å². The maximum absolute atomic E-state index is 11.4. The minimum absolute atomic E-state index is 0.0519. The molecule has 0 bridgehead atoms. The minimum Gasteiger partial charge on any atom is -0.383 e. The first kappa shape index (κ1) is 18.1. The SMILES string of the molecule is CC(C)c1ccc(-c2cc(-c3ccccc3[N+](=O)[O-])nc(N)c2C#N)cc1. The Balaban J connectivity index is 2.21. The van der Waals surface area contributed by atoms with E-state index in [0.29, 0.717) is 22.7 Å². The van der Waals surface area contributed by atoms with Gasteiger partial charge in [-0.15, -0.1) is 0 Å². The number of hydrogen-bond acceptors (Lipinski definition) is 5. The molecule has 0 fully saturated rings. The van der Waals surface area contributed by atoms with E-state index in [2.05, 4.69) is 24.9 Å². The number of hydrogen-bond donors (Lipinski definition) is 1. The molecule has 134 valence electrons. The molecular weight excluding hydrogens is 340 g/mol. The molecule has 0 unspecified atom stereocenters. The number of para-hydroxylation sites is 1. The molecule has 3 aromatic rings. The zero-order valence-corrected chi connectivity index (χ0v) is 15.0. The van der Waals surface area contributed by atoms with Crippen LogP contribution in [0.4, 0.5) is 11.5 Å². The Morgan fingerprint density at radius 3 is 2.37 bits per heavy atom. The van der Waals surface area contributed by atoms with Crippen LogP contribution < -0.4 is 5.73 Å².